The van der Waals surface area contributed by atoms with Crippen molar-refractivity contribution in [1.82, 2.24) is 29.9 Å². The molecule has 4 aromatic heterocycles. The zero-order valence-corrected chi connectivity index (χ0v) is 20.7. The van der Waals surface area contributed by atoms with Gasteiger partial charge in [-0.2, -0.15) is 0 Å². The summed E-state index contributed by atoms with van der Waals surface area (Å²) in [7, 11) is 0. The van der Waals surface area contributed by atoms with E-state index in [1.165, 1.54) is 6.20 Å². The fourth-order valence-corrected chi connectivity index (χ4v) is 4.54. The predicted molar refractivity (Wildman–Crippen MR) is 141 cm³/mol. The number of imidazole rings is 1. The molecule has 4 N–H and O–H groups in total. The first-order valence-corrected chi connectivity index (χ1v) is 12.3. The molecule has 1 fully saturated rings. The zero-order chi connectivity index (χ0) is 25.8. The quantitative estimate of drug-likeness (QED) is 0.302. The maximum Gasteiger partial charge on any atom is 0.276 e. The van der Waals surface area contributed by atoms with Crippen molar-refractivity contribution in [2.45, 2.75) is 51.6 Å². The Kier molecular flexibility index (Phi) is 6.93. The standard InChI is InChI=1S/C26H29N9O2/c1-16-7-12-28-23(13-16)33-21-14-24(31-19-5-3-18(4-6-19)30-17(2)36)34-35-22(15-29-25(21)35)26(37)32-20-8-10-27-11-9-20/h7-15,18-19H,3-6H2,1-2H3,(H,28,33)(H,30,36)(H,31,34)(H,27,32,37). The fourth-order valence-electron chi connectivity index (χ4n) is 4.54. The van der Waals surface area contributed by atoms with Gasteiger partial charge in [-0.3, -0.25) is 14.6 Å². The topological polar surface area (TPSA) is 138 Å². The smallest absolute Gasteiger partial charge is 0.276 e. The second kappa shape index (κ2) is 10.6. The molecule has 37 heavy (non-hydrogen) atoms. The highest BCUT2D eigenvalue weighted by Gasteiger charge is 2.23. The van der Waals surface area contributed by atoms with Crippen LogP contribution >= 0.6 is 0 Å². The number of nitrogens with one attached hydrogen (secondary N) is 4. The van der Waals surface area contributed by atoms with Crippen LogP contribution in [-0.4, -0.2) is 48.5 Å². The Morgan fingerprint density at radius 2 is 1.70 bits per heavy atom. The van der Waals surface area contributed by atoms with Crippen molar-refractivity contribution in [2.75, 3.05) is 16.0 Å². The average molecular weight is 500 g/mol. The first kappa shape index (κ1) is 24.2. The number of anilines is 4. The van der Waals surface area contributed by atoms with E-state index in [9.17, 15) is 9.59 Å². The molecule has 0 aromatic carbocycles. The highest BCUT2D eigenvalue weighted by molar-refractivity contribution is 6.03. The molecule has 0 bridgehead atoms. The number of pyridine rings is 2. The van der Waals surface area contributed by atoms with Crippen LogP contribution in [0.2, 0.25) is 0 Å². The van der Waals surface area contributed by atoms with Gasteiger partial charge in [0.2, 0.25) is 5.91 Å². The molecule has 0 radical (unpaired) electrons. The minimum absolute atomic E-state index is 0.00156. The second-order valence-corrected chi connectivity index (χ2v) is 9.25. The second-order valence-electron chi connectivity index (χ2n) is 9.25. The Morgan fingerprint density at radius 1 is 0.946 bits per heavy atom. The molecule has 0 saturated heterocycles. The lowest BCUT2D eigenvalue weighted by Crippen LogP contribution is -2.39. The molecule has 190 valence electrons. The fraction of sp³-hybridized carbons (Fsp3) is 0.308. The first-order chi connectivity index (χ1) is 17.9. The number of hydrogen-bond donors (Lipinski definition) is 4. The molecule has 4 heterocycles. The predicted octanol–water partition coefficient (Wildman–Crippen LogP) is 3.68. The van der Waals surface area contributed by atoms with Gasteiger partial charge in [0.15, 0.2) is 11.3 Å². The van der Waals surface area contributed by atoms with Crippen molar-refractivity contribution in [3.63, 3.8) is 0 Å². The van der Waals surface area contributed by atoms with E-state index in [0.717, 1.165) is 31.2 Å². The number of rotatable bonds is 7. The number of nitrogens with zero attached hydrogens (tertiary/aromatic N) is 5. The van der Waals surface area contributed by atoms with Crippen LogP contribution in [0.1, 0.15) is 48.7 Å². The Bertz CT molecular complexity index is 1410. The van der Waals surface area contributed by atoms with Crippen LogP contribution in [0.15, 0.2) is 55.1 Å². The monoisotopic (exact) mass is 499 g/mol. The van der Waals surface area contributed by atoms with Gasteiger partial charge in [0.25, 0.3) is 5.91 Å². The lowest BCUT2D eigenvalue weighted by Gasteiger charge is -2.29. The van der Waals surface area contributed by atoms with E-state index in [-0.39, 0.29) is 23.9 Å². The molecule has 11 nitrogen and oxygen atoms in total. The number of aromatic nitrogens is 5. The normalized spacial score (nSPS) is 17.2. The number of carbonyl (C=O) groups excluding carboxylic acids is 2. The minimum Gasteiger partial charge on any atom is -0.366 e. The summed E-state index contributed by atoms with van der Waals surface area (Å²) in [5.74, 6) is 0.947. The minimum atomic E-state index is -0.334. The van der Waals surface area contributed by atoms with E-state index >= 15 is 0 Å². The molecule has 0 spiro atoms. The lowest BCUT2D eigenvalue weighted by atomic mass is 9.91. The maximum absolute atomic E-state index is 13.1. The number of hydrogen-bond acceptors (Lipinski definition) is 8. The molecular weight excluding hydrogens is 470 g/mol. The molecule has 1 saturated carbocycles. The van der Waals surface area contributed by atoms with Crippen LogP contribution < -0.4 is 21.3 Å². The van der Waals surface area contributed by atoms with Crippen molar-refractivity contribution in [1.29, 1.82) is 0 Å². The van der Waals surface area contributed by atoms with Gasteiger partial charge in [-0.15, -0.1) is 5.10 Å². The van der Waals surface area contributed by atoms with Crippen molar-refractivity contribution in [3.8, 4) is 0 Å². The third-order valence-corrected chi connectivity index (χ3v) is 6.30. The van der Waals surface area contributed by atoms with Crippen molar-refractivity contribution >= 4 is 40.5 Å². The molecule has 11 heteroatoms. The van der Waals surface area contributed by atoms with Gasteiger partial charge >= 0.3 is 0 Å². The number of amides is 2. The number of carbonyl (C=O) groups is 2. The van der Waals surface area contributed by atoms with Gasteiger partial charge in [-0.25, -0.2) is 14.5 Å². The van der Waals surface area contributed by atoms with E-state index in [4.69, 9.17) is 5.10 Å². The van der Waals surface area contributed by atoms with Crippen LogP contribution in [0.5, 0.6) is 0 Å². The summed E-state index contributed by atoms with van der Waals surface area (Å²) in [6.07, 6.45) is 10.0. The van der Waals surface area contributed by atoms with Gasteiger partial charge in [-0.05, 0) is 62.4 Å². The van der Waals surface area contributed by atoms with E-state index < -0.39 is 0 Å². The largest absolute Gasteiger partial charge is 0.366 e. The summed E-state index contributed by atoms with van der Waals surface area (Å²) in [6.45, 7) is 3.55. The Hall–Kier alpha value is -4.54. The van der Waals surface area contributed by atoms with Gasteiger partial charge in [0.1, 0.15) is 11.6 Å². The van der Waals surface area contributed by atoms with E-state index in [1.54, 1.807) is 42.2 Å². The van der Waals surface area contributed by atoms with Crippen LogP contribution in [-0.2, 0) is 4.79 Å². The van der Waals surface area contributed by atoms with Gasteiger partial charge in [0, 0.05) is 49.4 Å². The van der Waals surface area contributed by atoms with Crippen molar-refractivity contribution < 1.29 is 9.59 Å². The number of fused-ring (bicyclic) bond motifs is 1. The molecule has 0 unspecified atom stereocenters. The molecule has 1 aliphatic carbocycles. The summed E-state index contributed by atoms with van der Waals surface area (Å²) in [6, 6.07) is 9.58. The molecular formula is C26H29N9O2. The zero-order valence-electron chi connectivity index (χ0n) is 20.7. The molecule has 0 atom stereocenters. The Labute approximate surface area is 214 Å². The summed E-state index contributed by atoms with van der Waals surface area (Å²) >= 11 is 0. The highest BCUT2D eigenvalue weighted by atomic mass is 16.2. The van der Waals surface area contributed by atoms with E-state index in [1.807, 2.05) is 25.1 Å². The van der Waals surface area contributed by atoms with E-state index in [0.29, 0.717) is 34.4 Å². The third kappa shape index (κ3) is 5.83. The van der Waals surface area contributed by atoms with Gasteiger partial charge in [0.05, 0.1) is 11.9 Å². The average Bonchev–Trinajstić information content (AvgIpc) is 3.30. The molecule has 5 rings (SSSR count). The Balaban J connectivity index is 1.44. The molecule has 4 aromatic rings. The van der Waals surface area contributed by atoms with Crippen LogP contribution in [0.25, 0.3) is 5.65 Å². The molecule has 2 amide bonds. The van der Waals surface area contributed by atoms with Crippen LogP contribution in [0.3, 0.4) is 0 Å². The molecule has 1 aliphatic rings. The maximum atomic E-state index is 13.1. The van der Waals surface area contributed by atoms with Crippen LogP contribution in [0.4, 0.5) is 23.0 Å². The summed E-state index contributed by atoms with van der Waals surface area (Å²) < 4.78 is 1.54. The van der Waals surface area contributed by atoms with Gasteiger partial charge in [-0.1, -0.05) is 0 Å². The van der Waals surface area contributed by atoms with Crippen molar-refractivity contribution in [3.05, 3.63) is 66.4 Å². The highest BCUT2D eigenvalue weighted by Crippen LogP contribution is 2.27. The summed E-state index contributed by atoms with van der Waals surface area (Å²) in [4.78, 5) is 37.4. The summed E-state index contributed by atoms with van der Waals surface area (Å²) in [5.41, 5.74) is 3.17. The van der Waals surface area contributed by atoms with E-state index in [2.05, 4.69) is 36.2 Å². The lowest BCUT2D eigenvalue weighted by molar-refractivity contribution is -0.119. The Morgan fingerprint density at radius 3 is 2.43 bits per heavy atom. The van der Waals surface area contributed by atoms with Gasteiger partial charge < -0.3 is 21.3 Å². The first-order valence-electron chi connectivity index (χ1n) is 12.3. The van der Waals surface area contributed by atoms with Crippen molar-refractivity contribution in [2.24, 2.45) is 0 Å². The summed E-state index contributed by atoms with van der Waals surface area (Å²) in [5, 5.41) is 17.4. The third-order valence-electron chi connectivity index (χ3n) is 6.30. The SMILES string of the molecule is CC(=O)NC1CCC(Nc2cc(Nc3cc(C)ccn3)c3ncc(C(=O)Nc4ccncc4)n3n2)CC1. The number of aryl methyl sites for hydroxylation is 1. The van der Waals surface area contributed by atoms with Crippen LogP contribution in [0, 0.1) is 6.92 Å². The molecule has 0 aliphatic heterocycles.